The molecule has 106 valence electrons. The number of methoxy groups -OCH3 is 1. The van der Waals surface area contributed by atoms with E-state index in [1.54, 1.807) is 19.2 Å². The number of hydrogen-bond acceptors (Lipinski definition) is 4. The van der Waals surface area contributed by atoms with Crippen LogP contribution in [0, 0.1) is 0 Å². The van der Waals surface area contributed by atoms with E-state index in [4.69, 9.17) is 19.9 Å². The van der Waals surface area contributed by atoms with Crippen molar-refractivity contribution in [1.29, 1.82) is 0 Å². The molecule has 0 unspecified atom stereocenters. The highest BCUT2D eigenvalue weighted by molar-refractivity contribution is 5.51. The van der Waals surface area contributed by atoms with Gasteiger partial charge in [0.05, 0.1) is 13.2 Å². The Kier molecular flexibility index (Phi) is 4.35. The van der Waals surface area contributed by atoms with Gasteiger partial charge in [0.15, 0.2) is 0 Å². The predicted molar refractivity (Wildman–Crippen MR) is 79.7 cm³/mol. The van der Waals surface area contributed by atoms with Gasteiger partial charge < -0.3 is 19.9 Å². The summed E-state index contributed by atoms with van der Waals surface area (Å²) in [5.41, 5.74) is 6.46. The Morgan fingerprint density at radius 1 is 0.900 bits per heavy atom. The lowest BCUT2D eigenvalue weighted by molar-refractivity contribution is 0.242. The van der Waals surface area contributed by atoms with Crippen molar-refractivity contribution in [1.82, 2.24) is 0 Å². The second-order valence-corrected chi connectivity index (χ2v) is 4.69. The first-order chi connectivity index (χ1) is 9.56. The molecule has 2 rings (SSSR count). The Morgan fingerprint density at radius 3 is 2.25 bits per heavy atom. The first-order valence-electron chi connectivity index (χ1n) is 6.46. The van der Waals surface area contributed by atoms with Crippen molar-refractivity contribution in [3.8, 4) is 23.0 Å². The molecule has 20 heavy (non-hydrogen) atoms. The van der Waals surface area contributed by atoms with E-state index in [0.29, 0.717) is 22.9 Å². The van der Waals surface area contributed by atoms with Crippen LogP contribution in [0.15, 0.2) is 42.5 Å². The molecule has 0 aromatic heterocycles. The monoisotopic (exact) mass is 273 g/mol. The van der Waals surface area contributed by atoms with Gasteiger partial charge in [0.2, 0.25) is 0 Å². The second kappa shape index (κ2) is 6.19. The van der Waals surface area contributed by atoms with Gasteiger partial charge >= 0.3 is 0 Å². The molecule has 4 heteroatoms. The van der Waals surface area contributed by atoms with E-state index in [1.165, 1.54) is 0 Å². The van der Waals surface area contributed by atoms with E-state index in [1.807, 2.05) is 44.2 Å². The van der Waals surface area contributed by atoms with Gasteiger partial charge in [0, 0.05) is 30.0 Å². The van der Waals surface area contributed by atoms with Gasteiger partial charge in [-0.15, -0.1) is 0 Å². The van der Waals surface area contributed by atoms with Crippen molar-refractivity contribution in [2.75, 3.05) is 12.8 Å². The van der Waals surface area contributed by atoms with Crippen LogP contribution < -0.4 is 19.9 Å². The molecule has 0 aliphatic carbocycles. The number of rotatable bonds is 5. The Balaban J connectivity index is 2.21. The van der Waals surface area contributed by atoms with E-state index in [9.17, 15) is 0 Å². The van der Waals surface area contributed by atoms with Crippen LogP contribution in [0.1, 0.15) is 13.8 Å². The molecule has 0 heterocycles. The van der Waals surface area contributed by atoms with Crippen molar-refractivity contribution in [3.63, 3.8) is 0 Å². The summed E-state index contributed by atoms with van der Waals surface area (Å²) in [5, 5.41) is 0. The molecule has 0 saturated carbocycles. The van der Waals surface area contributed by atoms with Crippen molar-refractivity contribution in [2.24, 2.45) is 0 Å². The minimum atomic E-state index is 0.0847. The molecule has 0 radical (unpaired) electrons. The lowest BCUT2D eigenvalue weighted by Gasteiger charge is -2.13. The maximum absolute atomic E-state index is 5.86. The fraction of sp³-hybridized carbons (Fsp3) is 0.250. The summed E-state index contributed by atoms with van der Waals surface area (Å²) in [5.74, 6) is 2.75. The summed E-state index contributed by atoms with van der Waals surface area (Å²) in [7, 11) is 1.62. The summed E-state index contributed by atoms with van der Waals surface area (Å²) < 4.78 is 16.6. The van der Waals surface area contributed by atoms with Gasteiger partial charge in [-0.2, -0.15) is 0 Å². The fourth-order valence-corrected chi connectivity index (χ4v) is 1.79. The normalized spacial score (nSPS) is 10.4. The van der Waals surface area contributed by atoms with Crippen LogP contribution in [0.5, 0.6) is 23.0 Å². The fourth-order valence-electron chi connectivity index (χ4n) is 1.79. The number of hydrogen-bond donors (Lipinski definition) is 1. The molecule has 0 bridgehead atoms. The minimum Gasteiger partial charge on any atom is -0.497 e. The van der Waals surface area contributed by atoms with E-state index in [-0.39, 0.29) is 6.10 Å². The molecule has 2 aromatic carbocycles. The van der Waals surface area contributed by atoms with Crippen molar-refractivity contribution in [3.05, 3.63) is 42.5 Å². The van der Waals surface area contributed by atoms with Gasteiger partial charge in [0.25, 0.3) is 0 Å². The van der Waals surface area contributed by atoms with Gasteiger partial charge in [-0.3, -0.25) is 0 Å². The highest BCUT2D eigenvalue weighted by atomic mass is 16.5. The standard InChI is InChI=1S/C16H19NO3/c1-11(2)19-15-7-12(17)8-16(10-15)20-14-6-4-5-13(9-14)18-3/h4-11H,17H2,1-3H3. The average molecular weight is 273 g/mol. The van der Waals surface area contributed by atoms with E-state index >= 15 is 0 Å². The Labute approximate surface area is 119 Å². The molecule has 0 amide bonds. The largest absolute Gasteiger partial charge is 0.497 e. The highest BCUT2D eigenvalue weighted by Crippen LogP contribution is 2.30. The van der Waals surface area contributed by atoms with Crippen molar-refractivity contribution >= 4 is 5.69 Å². The van der Waals surface area contributed by atoms with Crippen LogP contribution in [-0.4, -0.2) is 13.2 Å². The molecule has 0 aliphatic heterocycles. The smallest absolute Gasteiger partial charge is 0.133 e. The molecule has 0 fully saturated rings. The summed E-state index contributed by atoms with van der Waals surface area (Å²) in [6.07, 6.45) is 0.0847. The lowest BCUT2D eigenvalue weighted by Crippen LogP contribution is -2.05. The summed E-state index contributed by atoms with van der Waals surface area (Å²) in [6, 6.07) is 12.7. The zero-order valence-electron chi connectivity index (χ0n) is 11.9. The van der Waals surface area contributed by atoms with Crippen LogP contribution in [0.3, 0.4) is 0 Å². The van der Waals surface area contributed by atoms with Gasteiger partial charge in [-0.1, -0.05) is 6.07 Å². The molecule has 0 spiro atoms. The van der Waals surface area contributed by atoms with E-state index in [2.05, 4.69) is 0 Å². The predicted octanol–water partition coefficient (Wildman–Crippen LogP) is 3.86. The van der Waals surface area contributed by atoms with Crippen LogP contribution in [0.4, 0.5) is 5.69 Å². The maximum Gasteiger partial charge on any atom is 0.133 e. The summed E-state index contributed by atoms with van der Waals surface area (Å²) in [4.78, 5) is 0. The molecule has 2 N–H and O–H groups in total. The Hall–Kier alpha value is -2.36. The average Bonchev–Trinajstić information content (AvgIpc) is 2.37. The van der Waals surface area contributed by atoms with Gasteiger partial charge in [-0.05, 0) is 26.0 Å². The van der Waals surface area contributed by atoms with Crippen LogP contribution in [0.25, 0.3) is 0 Å². The van der Waals surface area contributed by atoms with Gasteiger partial charge in [0.1, 0.15) is 23.0 Å². The molecule has 2 aromatic rings. The highest BCUT2D eigenvalue weighted by Gasteiger charge is 2.05. The minimum absolute atomic E-state index is 0.0847. The topological polar surface area (TPSA) is 53.7 Å². The first kappa shape index (κ1) is 14.1. The number of anilines is 1. The third-order valence-electron chi connectivity index (χ3n) is 2.55. The Bertz CT molecular complexity index is 582. The van der Waals surface area contributed by atoms with Crippen LogP contribution in [0.2, 0.25) is 0 Å². The molecule has 0 saturated heterocycles. The number of nitrogens with two attached hydrogens (primary N) is 1. The summed E-state index contributed by atoms with van der Waals surface area (Å²) >= 11 is 0. The van der Waals surface area contributed by atoms with Crippen molar-refractivity contribution in [2.45, 2.75) is 20.0 Å². The lowest BCUT2D eigenvalue weighted by atomic mass is 10.2. The van der Waals surface area contributed by atoms with E-state index < -0.39 is 0 Å². The van der Waals surface area contributed by atoms with Crippen molar-refractivity contribution < 1.29 is 14.2 Å². The molecule has 0 aliphatic rings. The molecule has 4 nitrogen and oxygen atoms in total. The number of ether oxygens (including phenoxy) is 3. The second-order valence-electron chi connectivity index (χ2n) is 4.69. The van der Waals surface area contributed by atoms with E-state index in [0.717, 1.165) is 5.75 Å². The molecular weight excluding hydrogens is 254 g/mol. The Morgan fingerprint density at radius 2 is 1.55 bits per heavy atom. The summed E-state index contributed by atoms with van der Waals surface area (Å²) in [6.45, 7) is 3.93. The first-order valence-corrected chi connectivity index (χ1v) is 6.46. The molecular formula is C16H19NO3. The van der Waals surface area contributed by atoms with Gasteiger partial charge in [-0.25, -0.2) is 0 Å². The number of nitrogen functional groups attached to an aromatic ring is 1. The van der Waals surface area contributed by atoms with Crippen LogP contribution >= 0.6 is 0 Å². The number of benzene rings is 2. The maximum atomic E-state index is 5.86. The van der Waals surface area contributed by atoms with Crippen LogP contribution in [-0.2, 0) is 0 Å². The zero-order chi connectivity index (χ0) is 14.5. The molecule has 0 atom stereocenters. The quantitative estimate of drug-likeness (QED) is 0.840. The third-order valence-corrected chi connectivity index (χ3v) is 2.55. The SMILES string of the molecule is COc1cccc(Oc2cc(N)cc(OC(C)C)c2)c1. The zero-order valence-corrected chi connectivity index (χ0v) is 11.9. The third kappa shape index (κ3) is 3.82.